The molecule has 2 aromatic carbocycles. The van der Waals surface area contributed by atoms with Gasteiger partial charge in [-0.05, 0) is 48.4 Å². The second kappa shape index (κ2) is 19.6. The average molecular weight is 532 g/mol. The molecule has 1 unspecified atom stereocenters. The van der Waals surface area contributed by atoms with Crippen LogP contribution in [0, 0.1) is 12.8 Å². The number of hydrogen-bond donors (Lipinski definition) is 3. The third kappa shape index (κ3) is 11.8. The van der Waals surface area contributed by atoms with Crippen LogP contribution >= 0.6 is 0 Å². The van der Waals surface area contributed by atoms with Crippen molar-refractivity contribution in [1.29, 1.82) is 0 Å². The molecule has 2 atom stereocenters. The minimum atomic E-state index is -0.0507. The molecule has 39 heavy (non-hydrogen) atoms. The summed E-state index contributed by atoms with van der Waals surface area (Å²) in [5.74, 6) is 0.218. The van der Waals surface area contributed by atoms with E-state index in [0.29, 0.717) is 6.54 Å². The number of anilines is 1. The number of nitrogens with one attached hydrogen (secondary N) is 2. The first-order chi connectivity index (χ1) is 18.9. The van der Waals surface area contributed by atoms with Crippen molar-refractivity contribution in [3.63, 3.8) is 0 Å². The quantitative estimate of drug-likeness (QED) is 0.217. The number of benzene rings is 2. The number of aliphatic hydroxyl groups excluding tert-OH is 1. The maximum Gasteiger partial charge on any atom is 0.0676 e. The second-order valence-electron chi connectivity index (χ2n) is 8.90. The Morgan fingerprint density at radius 3 is 2.49 bits per heavy atom. The fourth-order valence-electron chi connectivity index (χ4n) is 3.90. The van der Waals surface area contributed by atoms with Crippen molar-refractivity contribution in [1.82, 2.24) is 10.3 Å². The number of aliphatic hydroxyl groups is 1. The summed E-state index contributed by atoms with van der Waals surface area (Å²) in [6, 6.07) is 16.4. The van der Waals surface area contributed by atoms with Crippen LogP contribution < -0.4 is 10.6 Å². The molecule has 0 aromatic heterocycles. The highest BCUT2D eigenvalue weighted by Gasteiger charge is 2.16. The lowest BCUT2D eigenvalue weighted by atomic mass is 10.0. The van der Waals surface area contributed by atoms with Crippen molar-refractivity contribution in [2.45, 2.75) is 53.6 Å². The normalized spacial score (nSPS) is 14.3. The molecule has 6 nitrogen and oxygen atoms in total. The van der Waals surface area contributed by atoms with Gasteiger partial charge in [0.05, 0.1) is 30.6 Å². The van der Waals surface area contributed by atoms with Gasteiger partial charge < -0.3 is 20.7 Å². The SMILES string of the molecule is C=C1C=CC([C@@H](C)/C=C\CC=NC)=NN1Cc1cccc(C(CO)NCC)c1.CC.CNc1ccccc1C. The lowest BCUT2D eigenvalue weighted by Crippen LogP contribution is -2.25. The highest BCUT2D eigenvalue weighted by Crippen LogP contribution is 2.21. The number of para-hydroxylation sites is 1. The molecule has 6 heteroatoms. The first kappa shape index (κ1) is 33.5. The summed E-state index contributed by atoms with van der Waals surface area (Å²) in [7, 11) is 3.72. The molecular formula is C33H49N5O. The van der Waals surface area contributed by atoms with Crippen LogP contribution in [0.5, 0.6) is 0 Å². The maximum atomic E-state index is 9.63. The van der Waals surface area contributed by atoms with Gasteiger partial charge >= 0.3 is 0 Å². The summed E-state index contributed by atoms with van der Waals surface area (Å²) >= 11 is 0. The molecule has 0 aliphatic carbocycles. The summed E-state index contributed by atoms with van der Waals surface area (Å²) in [6.07, 6.45) is 11.0. The van der Waals surface area contributed by atoms with E-state index in [0.717, 1.165) is 35.5 Å². The average Bonchev–Trinajstić information content (AvgIpc) is 2.97. The van der Waals surface area contributed by atoms with Crippen molar-refractivity contribution in [3.05, 3.63) is 102 Å². The molecule has 1 aliphatic rings. The van der Waals surface area contributed by atoms with Gasteiger partial charge in [0.25, 0.3) is 0 Å². The molecule has 0 fully saturated rings. The molecule has 0 saturated carbocycles. The van der Waals surface area contributed by atoms with Crippen LogP contribution in [0.2, 0.25) is 0 Å². The number of allylic oxidation sites excluding steroid dienone is 4. The fraction of sp³-hybridized carbons (Fsp3) is 0.394. The van der Waals surface area contributed by atoms with E-state index in [1.807, 2.05) is 75.5 Å². The molecule has 3 N–H and O–H groups in total. The van der Waals surface area contributed by atoms with Gasteiger partial charge in [-0.15, -0.1) is 0 Å². The van der Waals surface area contributed by atoms with Crippen molar-refractivity contribution < 1.29 is 5.11 Å². The number of likely N-dealkylation sites (N-methyl/N-ethyl adjacent to an activating group) is 1. The molecular weight excluding hydrogens is 482 g/mol. The Kier molecular flexibility index (Phi) is 16.8. The first-order valence-electron chi connectivity index (χ1n) is 13.9. The van der Waals surface area contributed by atoms with Crippen LogP contribution in [0.25, 0.3) is 0 Å². The smallest absolute Gasteiger partial charge is 0.0676 e. The largest absolute Gasteiger partial charge is 0.394 e. The summed E-state index contributed by atoms with van der Waals surface area (Å²) in [5, 5.41) is 22.8. The second-order valence-corrected chi connectivity index (χ2v) is 8.90. The number of aliphatic imine (C=N–C) groups is 1. The number of nitrogens with zero attached hydrogens (tertiary/aromatic N) is 3. The number of aryl methyl sites for hydroxylation is 1. The minimum absolute atomic E-state index is 0.0507. The van der Waals surface area contributed by atoms with Gasteiger partial charge in [-0.25, -0.2) is 0 Å². The Balaban J connectivity index is 0.000000578. The maximum absolute atomic E-state index is 9.63. The predicted molar refractivity (Wildman–Crippen MR) is 171 cm³/mol. The Morgan fingerprint density at radius 1 is 1.13 bits per heavy atom. The van der Waals surface area contributed by atoms with Gasteiger partial charge in [0, 0.05) is 38.3 Å². The number of rotatable bonds is 11. The van der Waals surface area contributed by atoms with Gasteiger partial charge in [0.1, 0.15) is 0 Å². The van der Waals surface area contributed by atoms with E-state index in [-0.39, 0.29) is 18.6 Å². The summed E-state index contributed by atoms with van der Waals surface area (Å²) in [5.41, 5.74) is 6.59. The highest BCUT2D eigenvalue weighted by atomic mass is 16.3. The Bertz CT molecular complexity index is 1100. The standard InChI is InChI=1S/C23H32N4O.C8H11N.C2H6/c1-5-25-23(17-28)21-11-8-10-20(15-21)16-27-19(3)12-13-22(26-27)18(2)9-6-7-14-24-4;1-7-5-3-4-6-8(7)9-2;1-2/h6,8-15,18,23,25,28H,3,5,7,16-17H2,1-2,4H3;3-6,9H,1-2H3;1-2H3/b9-6-,24-14?;;/t18-,23?;;/m0../s1. The van der Waals surface area contributed by atoms with Crippen molar-refractivity contribution in [2.24, 2.45) is 16.0 Å². The van der Waals surface area contributed by atoms with Gasteiger partial charge in [0.15, 0.2) is 0 Å². The van der Waals surface area contributed by atoms with E-state index in [1.54, 1.807) is 7.05 Å². The summed E-state index contributed by atoms with van der Waals surface area (Å²) in [4.78, 5) is 3.99. The minimum Gasteiger partial charge on any atom is -0.394 e. The fourth-order valence-corrected chi connectivity index (χ4v) is 3.90. The van der Waals surface area contributed by atoms with Gasteiger partial charge in [-0.2, -0.15) is 5.10 Å². The molecule has 0 amide bonds. The van der Waals surface area contributed by atoms with Crippen LogP contribution in [0.15, 0.2) is 95.2 Å². The van der Waals surface area contributed by atoms with Gasteiger partial charge in [-0.3, -0.25) is 5.01 Å². The molecule has 0 saturated heterocycles. The lowest BCUT2D eigenvalue weighted by Gasteiger charge is -2.25. The lowest BCUT2D eigenvalue weighted by molar-refractivity contribution is 0.246. The number of hydrogen-bond acceptors (Lipinski definition) is 6. The molecule has 1 heterocycles. The Labute approximate surface area is 237 Å². The zero-order valence-electron chi connectivity index (χ0n) is 25.0. The van der Waals surface area contributed by atoms with Crippen LogP contribution in [0.4, 0.5) is 5.69 Å². The number of hydrazone groups is 1. The van der Waals surface area contributed by atoms with E-state index in [4.69, 9.17) is 5.10 Å². The zero-order chi connectivity index (χ0) is 29.0. The van der Waals surface area contributed by atoms with Crippen LogP contribution in [0.1, 0.15) is 56.8 Å². The predicted octanol–water partition coefficient (Wildman–Crippen LogP) is 6.92. The molecule has 0 bridgehead atoms. The van der Waals surface area contributed by atoms with Crippen LogP contribution in [-0.2, 0) is 6.54 Å². The van der Waals surface area contributed by atoms with Crippen molar-refractivity contribution in [3.8, 4) is 0 Å². The van der Waals surface area contributed by atoms with Crippen LogP contribution in [-0.4, -0.2) is 49.3 Å². The zero-order valence-corrected chi connectivity index (χ0v) is 25.0. The Hall–Kier alpha value is -3.48. The highest BCUT2D eigenvalue weighted by molar-refractivity contribution is 5.98. The monoisotopic (exact) mass is 531 g/mol. The topological polar surface area (TPSA) is 72.2 Å². The molecule has 3 rings (SSSR count). The third-order valence-electron chi connectivity index (χ3n) is 6.06. The first-order valence-corrected chi connectivity index (χ1v) is 13.9. The molecule has 0 spiro atoms. The molecule has 212 valence electrons. The van der Waals surface area contributed by atoms with E-state index in [1.165, 1.54) is 11.3 Å². The molecule has 0 radical (unpaired) electrons. The molecule has 2 aromatic rings. The van der Waals surface area contributed by atoms with E-state index in [9.17, 15) is 5.11 Å². The van der Waals surface area contributed by atoms with E-state index < -0.39 is 0 Å². The van der Waals surface area contributed by atoms with Crippen molar-refractivity contribution in [2.75, 3.05) is 32.6 Å². The van der Waals surface area contributed by atoms with Gasteiger partial charge in [0.2, 0.25) is 0 Å². The molecule has 1 aliphatic heterocycles. The van der Waals surface area contributed by atoms with Crippen LogP contribution in [0.3, 0.4) is 0 Å². The van der Waals surface area contributed by atoms with Gasteiger partial charge in [-0.1, -0.05) is 88.9 Å². The third-order valence-corrected chi connectivity index (χ3v) is 6.06. The Morgan fingerprint density at radius 2 is 1.87 bits per heavy atom. The van der Waals surface area contributed by atoms with E-state index >= 15 is 0 Å². The van der Waals surface area contributed by atoms with E-state index in [2.05, 4.69) is 72.5 Å². The summed E-state index contributed by atoms with van der Waals surface area (Å²) in [6.45, 7) is 15.9. The van der Waals surface area contributed by atoms with Crippen molar-refractivity contribution >= 4 is 17.6 Å². The summed E-state index contributed by atoms with van der Waals surface area (Å²) < 4.78 is 0.